The van der Waals surface area contributed by atoms with Gasteiger partial charge in [0.1, 0.15) is 0 Å². The van der Waals surface area contributed by atoms with Crippen LogP contribution >= 0.6 is 0 Å². The molecule has 0 aliphatic carbocycles. The first-order valence-electron chi connectivity index (χ1n) is 4.19. The first-order chi connectivity index (χ1) is 6.31. The summed E-state index contributed by atoms with van der Waals surface area (Å²) < 4.78 is 0. The van der Waals surface area contributed by atoms with Gasteiger partial charge in [0.25, 0.3) is 0 Å². The van der Waals surface area contributed by atoms with E-state index in [4.69, 9.17) is 5.90 Å². The molecule has 0 amide bonds. The largest absolute Gasteiger partial charge is 0.361 e. The number of nitrogens with one attached hydrogen (secondary N) is 1. The van der Waals surface area contributed by atoms with Crippen LogP contribution in [0.3, 0.4) is 0 Å². The summed E-state index contributed by atoms with van der Waals surface area (Å²) >= 11 is 0. The smallest absolute Gasteiger partial charge is 0.0930 e. The zero-order valence-corrected chi connectivity index (χ0v) is 7.50. The number of nitrogens with two attached hydrogens (primary N) is 1. The van der Waals surface area contributed by atoms with E-state index in [1.54, 1.807) is 0 Å². The molecule has 0 atom stereocenters. The monoisotopic (exact) mass is 176 g/mol. The molecule has 1 aromatic heterocycles. The van der Waals surface area contributed by atoms with E-state index in [0.717, 1.165) is 11.1 Å². The van der Waals surface area contributed by atoms with Crippen molar-refractivity contribution in [2.75, 3.05) is 0 Å². The molecule has 0 aliphatic rings. The number of rotatable bonds is 2. The first-order valence-corrected chi connectivity index (χ1v) is 4.19. The molecule has 1 aromatic carbocycles. The van der Waals surface area contributed by atoms with Gasteiger partial charge < -0.3 is 4.98 Å². The quantitative estimate of drug-likeness (QED) is 0.686. The van der Waals surface area contributed by atoms with Crippen LogP contribution in [0.4, 0.5) is 0 Å². The SMILES string of the molecule is Cc1c[nH]c2cc(CON)ccc12. The van der Waals surface area contributed by atoms with Crippen molar-refractivity contribution < 1.29 is 4.84 Å². The Kier molecular flexibility index (Phi) is 2.04. The number of H-pyrrole nitrogens is 1. The van der Waals surface area contributed by atoms with Gasteiger partial charge in [0.15, 0.2) is 0 Å². The lowest BCUT2D eigenvalue weighted by molar-refractivity contribution is 0.124. The third-order valence-electron chi connectivity index (χ3n) is 2.20. The molecule has 3 nitrogen and oxygen atoms in total. The molecule has 0 saturated carbocycles. The van der Waals surface area contributed by atoms with Gasteiger partial charge in [-0.2, -0.15) is 0 Å². The van der Waals surface area contributed by atoms with Gasteiger partial charge in [-0.3, -0.25) is 4.84 Å². The minimum Gasteiger partial charge on any atom is -0.361 e. The summed E-state index contributed by atoms with van der Waals surface area (Å²) in [6, 6.07) is 6.15. The molecule has 0 spiro atoms. The molecule has 0 saturated heterocycles. The summed E-state index contributed by atoms with van der Waals surface area (Å²) in [6.45, 7) is 2.53. The van der Waals surface area contributed by atoms with E-state index in [1.165, 1.54) is 10.9 Å². The first kappa shape index (κ1) is 8.29. The van der Waals surface area contributed by atoms with Gasteiger partial charge in [-0.15, -0.1) is 0 Å². The summed E-state index contributed by atoms with van der Waals surface area (Å²) in [6.07, 6.45) is 2.00. The second kappa shape index (κ2) is 3.20. The Morgan fingerprint density at radius 1 is 1.46 bits per heavy atom. The van der Waals surface area contributed by atoms with Gasteiger partial charge in [0.05, 0.1) is 6.61 Å². The number of benzene rings is 1. The minimum absolute atomic E-state index is 0.452. The Bertz CT molecular complexity index is 420. The molecule has 2 rings (SSSR count). The molecule has 13 heavy (non-hydrogen) atoms. The van der Waals surface area contributed by atoms with Gasteiger partial charge >= 0.3 is 0 Å². The van der Waals surface area contributed by atoms with Gasteiger partial charge in [-0.25, -0.2) is 5.90 Å². The zero-order valence-electron chi connectivity index (χ0n) is 7.50. The molecular formula is C10H12N2O. The number of aryl methyl sites for hydroxylation is 1. The Morgan fingerprint density at radius 3 is 3.08 bits per heavy atom. The van der Waals surface area contributed by atoms with E-state index in [9.17, 15) is 0 Å². The van der Waals surface area contributed by atoms with Crippen LogP contribution in [0, 0.1) is 6.92 Å². The summed E-state index contributed by atoms with van der Waals surface area (Å²) in [4.78, 5) is 7.76. The third-order valence-corrected chi connectivity index (χ3v) is 2.20. The highest BCUT2D eigenvalue weighted by Crippen LogP contribution is 2.18. The van der Waals surface area contributed by atoms with Gasteiger partial charge in [-0.05, 0) is 24.1 Å². The van der Waals surface area contributed by atoms with Crippen LogP contribution in [0.2, 0.25) is 0 Å². The predicted molar refractivity (Wildman–Crippen MR) is 52.0 cm³/mol. The molecule has 3 heteroatoms. The van der Waals surface area contributed by atoms with Crippen LogP contribution in [0.5, 0.6) is 0 Å². The molecule has 0 bridgehead atoms. The van der Waals surface area contributed by atoms with E-state index in [-0.39, 0.29) is 0 Å². The van der Waals surface area contributed by atoms with Crippen LogP contribution in [0.1, 0.15) is 11.1 Å². The maximum absolute atomic E-state index is 5.00. The molecule has 1 heterocycles. The number of fused-ring (bicyclic) bond motifs is 1. The normalized spacial score (nSPS) is 10.9. The van der Waals surface area contributed by atoms with E-state index in [0.29, 0.717) is 6.61 Å². The van der Waals surface area contributed by atoms with Gasteiger partial charge in [0.2, 0.25) is 0 Å². The molecule has 3 N–H and O–H groups in total. The maximum atomic E-state index is 5.00. The highest BCUT2D eigenvalue weighted by Gasteiger charge is 2.00. The molecule has 0 aliphatic heterocycles. The van der Waals surface area contributed by atoms with Crippen molar-refractivity contribution in [2.45, 2.75) is 13.5 Å². The second-order valence-electron chi connectivity index (χ2n) is 3.16. The lowest BCUT2D eigenvalue weighted by Gasteiger charge is -1.98. The van der Waals surface area contributed by atoms with Crippen molar-refractivity contribution >= 4 is 10.9 Å². The number of aromatic amines is 1. The maximum Gasteiger partial charge on any atom is 0.0930 e. The third kappa shape index (κ3) is 1.43. The van der Waals surface area contributed by atoms with Crippen molar-refractivity contribution in [2.24, 2.45) is 5.90 Å². The average Bonchev–Trinajstić information content (AvgIpc) is 2.48. The lowest BCUT2D eigenvalue weighted by atomic mass is 10.1. The Balaban J connectivity index is 2.50. The number of hydrogen-bond acceptors (Lipinski definition) is 2. The fourth-order valence-electron chi connectivity index (χ4n) is 1.50. The van der Waals surface area contributed by atoms with Crippen molar-refractivity contribution in [3.05, 3.63) is 35.5 Å². The van der Waals surface area contributed by atoms with E-state index >= 15 is 0 Å². The predicted octanol–water partition coefficient (Wildman–Crippen LogP) is 1.87. The zero-order chi connectivity index (χ0) is 9.26. The summed E-state index contributed by atoms with van der Waals surface area (Å²) in [5, 5.41) is 1.25. The molecule has 0 radical (unpaired) electrons. The average molecular weight is 176 g/mol. The standard InChI is InChI=1S/C10H12N2O/c1-7-5-12-10-4-8(6-13-11)2-3-9(7)10/h2-5,12H,6,11H2,1H3. The van der Waals surface area contributed by atoms with Crippen molar-refractivity contribution in [3.8, 4) is 0 Å². The summed E-state index contributed by atoms with van der Waals surface area (Å²) in [5.41, 5.74) is 3.47. The van der Waals surface area contributed by atoms with Crippen LogP contribution < -0.4 is 5.90 Å². The second-order valence-corrected chi connectivity index (χ2v) is 3.16. The molecule has 0 fully saturated rings. The van der Waals surface area contributed by atoms with Crippen LogP contribution in [0.15, 0.2) is 24.4 Å². The van der Waals surface area contributed by atoms with Crippen molar-refractivity contribution in [1.29, 1.82) is 0 Å². The van der Waals surface area contributed by atoms with Crippen LogP contribution in [-0.2, 0) is 11.4 Å². The van der Waals surface area contributed by atoms with E-state index < -0.39 is 0 Å². The summed E-state index contributed by atoms with van der Waals surface area (Å²) in [7, 11) is 0. The fourth-order valence-corrected chi connectivity index (χ4v) is 1.50. The Labute approximate surface area is 76.5 Å². The van der Waals surface area contributed by atoms with Crippen molar-refractivity contribution in [3.63, 3.8) is 0 Å². The highest BCUT2D eigenvalue weighted by molar-refractivity contribution is 5.83. The molecule has 68 valence electrons. The van der Waals surface area contributed by atoms with E-state index in [2.05, 4.69) is 28.9 Å². The number of hydrogen-bond donors (Lipinski definition) is 2. The van der Waals surface area contributed by atoms with Crippen molar-refractivity contribution in [1.82, 2.24) is 4.98 Å². The van der Waals surface area contributed by atoms with Gasteiger partial charge in [-0.1, -0.05) is 12.1 Å². The highest BCUT2D eigenvalue weighted by atomic mass is 16.6. The van der Waals surface area contributed by atoms with Crippen LogP contribution in [-0.4, -0.2) is 4.98 Å². The Morgan fingerprint density at radius 2 is 2.31 bits per heavy atom. The fraction of sp³-hybridized carbons (Fsp3) is 0.200. The Hall–Kier alpha value is -1.32. The van der Waals surface area contributed by atoms with E-state index in [1.807, 2.05) is 12.3 Å². The topological polar surface area (TPSA) is 51.0 Å². The molecule has 0 unspecified atom stereocenters. The molecular weight excluding hydrogens is 164 g/mol. The number of aromatic nitrogens is 1. The van der Waals surface area contributed by atoms with Gasteiger partial charge in [0, 0.05) is 17.1 Å². The minimum atomic E-state index is 0.452. The van der Waals surface area contributed by atoms with Crippen LogP contribution in [0.25, 0.3) is 10.9 Å². The molecule has 2 aromatic rings. The summed E-state index contributed by atoms with van der Waals surface area (Å²) in [5.74, 6) is 5.00. The lowest BCUT2D eigenvalue weighted by Crippen LogP contribution is -1.98.